The minimum absolute atomic E-state index is 0.0155. The van der Waals surface area contributed by atoms with Crippen LogP contribution in [0, 0.1) is 5.82 Å². The molecule has 0 bridgehead atoms. The Bertz CT molecular complexity index is 465. The molecule has 1 aromatic rings. The number of likely N-dealkylation sites (tertiary alicyclic amines) is 1. The van der Waals surface area contributed by atoms with Crippen molar-refractivity contribution in [2.24, 2.45) is 5.73 Å². The Labute approximate surface area is 117 Å². The highest BCUT2D eigenvalue weighted by Gasteiger charge is 2.28. The van der Waals surface area contributed by atoms with Crippen molar-refractivity contribution in [2.75, 3.05) is 13.1 Å². The van der Waals surface area contributed by atoms with Gasteiger partial charge in [0, 0.05) is 12.6 Å². The van der Waals surface area contributed by atoms with Crippen LogP contribution >= 0.6 is 11.6 Å². The van der Waals surface area contributed by atoms with Crippen molar-refractivity contribution in [3.8, 4) is 0 Å². The van der Waals surface area contributed by atoms with E-state index >= 15 is 0 Å². The van der Waals surface area contributed by atoms with Crippen LogP contribution in [0.2, 0.25) is 5.02 Å². The maximum Gasteiger partial charge on any atom is 0.257 e. The summed E-state index contributed by atoms with van der Waals surface area (Å²) in [7, 11) is 0. The Morgan fingerprint density at radius 3 is 3.00 bits per heavy atom. The summed E-state index contributed by atoms with van der Waals surface area (Å²) in [6.45, 7) is 1.20. The molecule has 1 heterocycles. The number of hydrogen-bond donors (Lipinski definition) is 1. The van der Waals surface area contributed by atoms with Gasteiger partial charge >= 0.3 is 0 Å². The molecule has 1 aliphatic heterocycles. The van der Waals surface area contributed by atoms with Crippen LogP contribution in [0.1, 0.15) is 36.0 Å². The third kappa shape index (κ3) is 3.07. The molecule has 2 N–H and O–H groups in total. The maximum absolute atomic E-state index is 13.9. The molecular formula is C14H18ClFN2O. The quantitative estimate of drug-likeness (QED) is 0.928. The van der Waals surface area contributed by atoms with Crippen molar-refractivity contribution < 1.29 is 9.18 Å². The molecule has 1 amide bonds. The van der Waals surface area contributed by atoms with Gasteiger partial charge in [0.1, 0.15) is 0 Å². The number of amides is 1. The van der Waals surface area contributed by atoms with Crippen molar-refractivity contribution in [1.82, 2.24) is 4.90 Å². The molecule has 5 heteroatoms. The molecule has 0 aliphatic carbocycles. The van der Waals surface area contributed by atoms with E-state index in [0.29, 0.717) is 13.1 Å². The SMILES string of the molecule is NCCC1CCCCN1C(=O)c1cccc(Cl)c1F. The van der Waals surface area contributed by atoms with E-state index in [0.717, 1.165) is 25.7 Å². The summed E-state index contributed by atoms with van der Waals surface area (Å²) in [6.07, 6.45) is 3.74. The van der Waals surface area contributed by atoms with Crippen molar-refractivity contribution in [2.45, 2.75) is 31.7 Å². The summed E-state index contributed by atoms with van der Waals surface area (Å²) < 4.78 is 13.9. The Morgan fingerprint density at radius 1 is 1.47 bits per heavy atom. The third-order valence-electron chi connectivity index (χ3n) is 3.57. The molecule has 3 nitrogen and oxygen atoms in total. The van der Waals surface area contributed by atoms with Crippen LogP contribution in [0.15, 0.2) is 18.2 Å². The molecule has 2 rings (SSSR count). The number of benzene rings is 1. The molecule has 1 saturated heterocycles. The second-order valence-electron chi connectivity index (χ2n) is 4.83. The number of nitrogens with two attached hydrogens (primary N) is 1. The molecule has 0 radical (unpaired) electrons. The van der Waals surface area contributed by atoms with Crippen molar-refractivity contribution in [1.29, 1.82) is 0 Å². The number of halogens is 2. The van der Waals surface area contributed by atoms with Crippen LogP contribution in [0.3, 0.4) is 0 Å². The highest BCUT2D eigenvalue weighted by Crippen LogP contribution is 2.24. The predicted octanol–water partition coefficient (Wildman–Crippen LogP) is 2.82. The standard InChI is InChI=1S/C14H18ClFN2O/c15-12-6-3-5-11(13(12)16)14(19)18-9-2-1-4-10(18)7-8-17/h3,5-6,10H,1-2,4,7-9,17H2. The number of rotatable bonds is 3. The normalized spacial score (nSPS) is 19.5. The number of piperidine rings is 1. The fraction of sp³-hybridized carbons (Fsp3) is 0.500. The van der Waals surface area contributed by atoms with Crippen LogP contribution < -0.4 is 5.73 Å². The van der Waals surface area contributed by atoms with Gasteiger partial charge in [-0.15, -0.1) is 0 Å². The number of carbonyl (C=O) groups excluding carboxylic acids is 1. The molecule has 19 heavy (non-hydrogen) atoms. The average Bonchev–Trinajstić information content (AvgIpc) is 2.42. The molecule has 1 unspecified atom stereocenters. The lowest BCUT2D eigenvalue weighted by molar-refractivity contribution is 0.0600. The van der Waals surface area contributed by atoms with Crippen LogP contribution in [0.25, 0.3) is 0 Å². The van der Waals surface area contributed by atoms with Gasteiger partial charge in [-0.1, -0.05) is 17.7 Å². The van der Waals surface area contributed by atoms with Crippen molar-refractivity contribution >= 4 is 17.5 Å². The first kappa shape index (κ1) is 14.3. The molecule has 0 aromatic heterocycles. The van der Waals surface area contributed by atoms with E-state index in [1.165, 1.54) is 12.1 Å². The van der Waals surface area contributed by atoms with E-state index in [4.69, 9.17) is 17.3 Å². The lowest BCUT2D eigenvalue weighted by Gasteiger charge is -2.35. The number of carbonyl (C=O) groups is 1. The minimum Gasteiger partial charge on any atom is -0.336 e. The molecule has 1 aliphatic rings. The Balaban J connectivity index is 2.23. The summed E-state index contributed by atoms with van der Waals surface area (Å²) in [4.78, 5) is 14.2. The molecule has 1 atom stereocenters. The molecule has 0 spiro atoms. The van der Waals surface area contributed by atoms with Gasteiger partial charge in [-0.3, -0.25) is 4.79 Å². The van der Waals surface area contributed by atoms with Crippen LogP contribution in [0.4, 0.5) is 4.39 Å². The first-order chi connectivity index (χ1) is 9.15. The zero-order chi connectivity index (χ0) is 13.8. The highest BCUT2D eigenvalue weighted by atomic mass is 35.5. The fourth-order valence-electron chi connectivity index (χ4n) is 2.58. The Kier molecular flexibility index (Phi) is 4.77. The van der Waals surface area contributed by atoms with E-state index in [-0.39, 0.29) is 22.5 Å². The van der Waals surface area contributed by atoms with E-state index in [9.17, 15) is 9.18 Å². The van der Waals surface area contributed by atoms with E-state index < -0.39 is 5.82 Å². The van der Waals surface area contributed by atoms with E-state index in [2.05, 4.69) is 0 Å². The summed E-state index contributed by atoms with van der Waals surface area (Å²) >= 11 is 5.73. The lowest BCUT2D eigenvalue weighted by Crippen LogP contribution is -2.44. The first-order valence-electron chi connectivity index (χ1n) is 6.60. The van der Waals surface area contributed by atoms with Crippen LogP contribution in [-0.2, 0) is 0 Å². The molecular weight excluding hydrogens is 267 g/mol. The van der Waals surface area contributed by atoms with E-state index in [1.54, 1.807) is 11.0 Å². The molecule has 104 valence electrons. The number of hydrogen-bond acceptors (Lipinski definition) is 2. The second kappa shape index (κ2) is 6.35. The topological polar surface area (TPSA) is 46.3 Å². The van der Waals surface area contributed by atoms with Crippen molar-refractivity contribution in [3.05, 3.63) is 34.6 Å². The summed E-state index contributed by atoms with van der Waals surface area (Å²) in [5, 5.41) is -0.0155. The van der Waals surface area contributed by atoms with Gasteiger partial charge in [-0.2, -0.15) is 0 Å². The fourth-order valence-corrected chi connectivity index (χ4v) is 2.76. The molecule has 1 fully saturated rings. The maximum atomic E-state index is 13.9. The van der Waals surface area contributed by atoms with Gasteiger partial charge in [-0.25, -0.2) is 4.39 Å². The van der Waals surface area contributed by atoms with Gasteiger partial charge in [0.25, 0.3) is 5.91 Å². The van der Waals surface area contributed by atoms with Gasteiger partial charge < -0.3 is 10.6 Å². The minimum atomic E-state index is -0.633. The monoisotopic (exact) mass is 284 g/mol. The summed E-state index contributed by atoms with van der Waals surface area (Å²) in [5.74, 6) is -0.913. The first-order valence-corrected chi connectivity index (χ1v) is 6.98. The smallest absolute Gasteiger partial charge is 0.257 e. The van der Waals surface area contributed by atoms with Crippen LogP contribution in [-0.4, -0.2) is 29.9 Å². The Morgan fingerprint density at radius 2 is 2.26 bits per heavy atom. The zero-order valence-electron chi connectivity index (χ0n) is 10.7. The van der Waals surface area contributed by atoms with Crippen molar-refractivity contribution in [3.63, 3.8) is 0 Å². The zero-order valence-corrected chi connectivity index (χ0v) is 11.5. The molecule has 1 aromatic carbocycles. The number of nitrogens with zero attached hydrogens (tertiary/aromatic N) is 1. The van der Waals surface area contributed by atoms with Gasteiger partial charge in [0.2, 0.25) is 0 Å². The average molecular weight is 285 g/mol. The van der Waals surface area contributed by atoms with Gasteiger partial charge in [-0.05, 0) is 44.4 Å². The second-order valence-corrected chi connectivity index (χ2v) is 5.23. The summed E-state index contributed by atoms with van der Waals surface area (Å²) in [5.41, 5.74) is 5.63. The largest absolute Gasteiger partial charge is 0.336 e. The highest BCUT2D eigenvalue weighted by molar-refractivity contribution is 6.31. The van der Waals surface area contributed by atoms with Gasteiger partial charge in [0.15, 0.2) is 5.82 Å². The van der Waals surface area contributed by atoms with E-state index in [1.807, 2.05) is 0 Å². The predicted molar refractivity (Wildman–Crippen MR) is 73.8 cm³/mol. The lowest BCUT2D eigenvalue weighted by atomic mass is 9.98. The Hall–Kier alpha value is -1.13. The van der Waals surface area contributed by atoms with Crippen LogP contribution in [0.5, 0.6) is 0 Å². The van der Waals surface area contributed by atoms with Gasteiger partial charge in [0.05, 0.1) is 10.6 Å². The molecule has 0 saturated carbocycles. The third-order valence-corrected chi connectivity index (χ3v) is 3.86. The summed E-state index contributed by atoms with van der Waals surface area (Å²) in [6, 6.07) is 4.64.